The summed E-state index contributed by atoms with van der Waals surface area (Å²) in [6.07, 6.45) is 4.16. The number of ether oxygens (including phenoxy) is 1. The number of carbonyl (C=O) groups excluding carboxylic acids is 1. The molecule has 3 aromatic rings. The smallest absolute Gasteiger partial charge is 0.275 e. The summed E-state index contributed by atoms with van der Waals surface area (Å²) in [5.41, 5.74) is 1.24. The zero-order valence-electron chi connectivity index (χ0n) is 15.2. The summed E-state index contributed by atoms with van der Waals surface area (Å²) in [7, 11) is 0. The summed E-state index contributed by atoms with van der Waals surface area (Å²) in [6.45, 7) is 4.45. The molecule has 0 saturated carbocycles. The molecule has 1 atom stereocenters. The van der Waals surface area contributed by atoms with Crippen LogP contribution in [0.5, 0.6) is 5.75 Å². The van der Waals surface area contributed by atoms with Crippen LogP contribution in [0.2, 0.25) is 0 Å². The molecule has 7 nitrogen and oxygen atoms in total. The van der Waals surface area contributed by atoms with Gasteiger partial charge in [-0.15, -0.1) is 0 Å². The lowest BCUT2D eigenvalue weighted by molar-refractivity contribution is 0.0695. The number of aromatic nitrogens is 2. The molecule has 27 heavy (non-hydrogen) atoms. The molecule has 0 bridgehead atoms. The average Bonchev–Trinajstić information content (AvgIpc) is 3.20. The van der Waals surface area contributed by atoms with Gasteiger partial charge in [-0.3, -0.25) is 9.78 Å². The van der Waals surface area contributed by atoms with E-state index in [1.165, 1.54) is 6.26 Å². The van der Waals surface area contributed by atoms with Crippen LogP contribution in [-0.4, -0.2) is 46.5 Å². The molecular weight excluding hydrogens is 344 g/mol. The Morgan fingerprint density at radius 2 is 2.33 bits per heavy atom. The first-order valence-electron chi connectivity index (χ1n) is 9.17. The molecular formula is C20H22N4O3. The quantitative estimate of drug-likeness (QED) is 0.748. The number of oxazole rings is 1. The van der Waals surface area contributed by atoms with Crippen molar-refractivity contribution in [1.29, 1.82) is 0 Å². The maximum Gasteiger partial charge on any atom is 0.275 e. The third-order valence-corrected chi connectivity index (χ3v) is 4.74. The number of nitrogens with one attached hydrogen (secondary N) is 1. The van der Waals surface area contributed by atoms with Crippen molar-refractivity contribution < 1.29 is 13.9 Å². The minimum atomic E-state index is -0.0956. The Morgan fingerprint density at radius 1 is 1.41 bits per heavy atom. The van der Waals surface area contributed by atoms with Crippen molar-refractivity contribution in [1.82, 2.24) is 20.2 Å². The van der Waals surface area contributed by atoms with Crippen molar-refractivity contribution in [2.45, 2.75) is 26.0 Å². The van der Waals surface area contributed by atoms with Gasteiger partial charge in [-0.05, 0) is 30.7 Å². The predicted octanol–water partition coefficient (Wildman–Crippen LogP) is 2.63. The van der Waals surface area contributed by atoms with Crippen LogP contribution in [0, 0.1) is 0 Å². The molecule has 1 N–H and O–H groups in total. The van der Waals surface area contributed by atoms with Gasteiger partial charge in [0.05, 0.1) is 5.52 Å². The largest absolute Gasteiger partial charge is 0.484 e. The van der Waals surface area contributed by atoms with Crippen LogP contribution in [0.1, 0.15) is 29.7 Å². The zero-order valence-corrected chi connectivity index (χ0v) is 15.2. The lowest BCUT2D eigenvalue weighted by Gasteiger charge is -2.32. The summed E-state index contributed by atoms with van der Waals surface area (Å²) in [5, 5.41) is 4.40. The Kier molecular flexibility index (Phi) is 5.02. The van der Waals surface area contributed by atoms with Crippen LogP contribution in [0.3, 0.4) is 0 Å². The first kappa shape index (κ1) is 17.5. The van der Waals surface area contributed by atoms with E-state index in [0.29, 0.717) is 36.5 Å². The van der Waals surface area contributed by atoms with Crippen molar-refractivity contribution >= 4 is 16.8 Å². The molecule has 1 aromatic carbocycles. The van der Waals surface area contributed by atoms with Gasteiger partial charge in [0.15, 0.2) is 12.3 Å². The molecule has 4 rings (SSSR count). The van der Waals surface area contributed by atoms with Gasteiger partial charge in [-0.2, -0.15) is 0 Å². The summed E-state index contributed by atoms with van der Waals surface area (Å²) >= 11 is 0. The maximum atomic E-state index is 12.6. The first-order chi connectivity index (χ1) is 13.2. The van der Waals surface area contributed by atoms with E-state index >= 15 is 0 Å². The molecule has 1 aliphatic heterocycles. The van der Waals surface area contributed by atoms with Gasteiger partial charge in [0, 0.05) is 37.3 Å². The van der Waals surface area contributed by atoms with E-state index < -0.39 is 0 Å². The van der Waals surface area contributed by atoms with E-state index in [-0.39, 0.29) is 12.5 Å². The molecule has 1 aliphatic rings. The van der Waals surface area contributed by atoms with Gasteiger partial charge < -0.3 is 19.4 Å². The Bertz CT molecular complexity index is 940. The molecule has 0 aliphatic carbocycles. The fraction of sp³-hybridized carbons (Fsp3) is 0.350. The van der Waals surface area contributed by atoms with Gasteiger partial charge in [0.2, 0.25) is 5.89 Å². The third kappa shape index (κ3) is 3.93. The number of carbonyl (C=O) groups is 1. The molecule has 0 unspecified atom stereocenters. The molecule has 140 valence electrons. The van der Waals surface area contributed by atoms with Crippen molar-refractivity contribution in [2.24, 2.45) is 0 Å². The van der Waals surface area contributed by atoms with E-state index in [1.807, 2.05) is 35.2 Å². The summed E-state index contributed by atoms with van der Waals surface area (Å²) in [6, 6.07) is 9.88. The first-order valence-corrected chi connectivity index (χ1v) is 9.17. The summed E-state index contributed by atoms with van der Waals surface area (Å²) in [5.74, 6) is 0.989. The van der Waals surface area contributed by atoms with Crippen molar-refractivity contribution in [3.63, 3.8) is 0 Å². The van der Waals surface area contributed by atoms with Crippen molar-refractivity contribution in [2.75, 3.05) is 19.6 Å². The molecule has 0 radical (unpaired) electrons. The SMILES string of the molecule is CC[C@H]1CN(C(=O)c2coc(COc3ccc4ncccc4c3)n2)CCN1. The summed E-state index contributed by atoms with van der Waals surface area (Å²) in [4.78, 5) is 23.0. The highest BCUT2D eigenvalue weighted by molar-refractivity contribution is 5.92. The van der Waals surface area contributed by atoms with Crippen LogP contribution in [0.4, 0.5) is 0 Å². The van der Waals surface area contributed by atoms with Crippen LogP contribution in [-0.2, 0) is 6.61 Å². The topological polar surface area (TPSA) is 80.5 Å². The fourth-order valence-corrected chi connectivity index (χ4v) is 3.21. The van der Waals surface area contributed by atoms with Crippen LogP contribution in [0.25, 0.3) is 10.9 Å². The van der Waals surface area contributed by atoms with Crippen molar-refractivity contribution in [3.8, 4) is 5.75 Å². The van der Waals surface area contributed by atoms with Gasteiger partial charge in [-0.1, -0.05) is 13.0 Å². The van der Waals surface area contributed by atoms with Crippen LogP contribution >= 0.6 is 0 Å². The zero-order chi connectivity index (χ0) is 18.6. The number of benzene rings is 1. The normalized spacial score (nSPS) is 17.2. The van der Waals surface area contributed by atoms with Crippen LogP contribution in [0.15, 0.2) is 47.2 Å². The number of fused-ring (bicyclic) bond motifs is 1. The number of amides is 1. The Balaban J connectivity index is 1.39. The molecule has 3 heterocycles. The van der Waals surface area contributed by atoms with E-state index in [0.717, 1.165) is 23.9 Å². The standard InChI is InChI=1S/C20H22N4O3/c1-2-15-11-24(9-8-21-15)20(25)18-12-27-19(23-18)13-26-16-5-6-17-14(10-16)4-3-7-22-17/h3-7,10,12,15,21H,2,8-9,11,13H2,1H3/t15-/m0/s1. The second kappa shape index (κ2) is 7.75. The van der Waals surface area contributed by atoms with Gasteiger partial charge in [-0.25, -0.2) is 4.98 Å². The highest BCUT2D eigenvalue weighted by atomic mass is 16.5. The molecule has 0 spiro atoms. The fourth-order valence-electron chi connectivity index (χ4n) is 3.21. The van der Waals surface area contributed by atoms with E-state index in [9.17, 15) is 4.79 Å². The third-order valence-electron chi connectivity index (χ3n) is 4.74. The molecule has 1 saturated heterocycles. The minimum absolute atomic E-state index is 0.0956. The Labute approximate surface area is 157 Å². The van der Waals surface area contributed by atoms with Crippen molar-refractivity contribution in [3.05, 3.63) is 54.4 Å². The number of hydrogen-bond donors (Lipinski definition) is 1. The Morgan fingerprint density at radius 3 is 3.22 bits per heavy atom. The lowest BCUT2D eigenvalue weighted by Crippen LogP contribution is -2.52. The molecule has 7 heteroatoms. The number of rotatable bonds is 5. The van der Waals surface area contributed by atoms with Gasteiger partial charge >= 0.3 is 0 Å². The number of hydrogen-bond acceptors (Lipinski definition) is 6. The van der Waals surface area contributed by atoms with Gasteiger partial charge in [0.25, 0.3) is 5.91 Å². The average molecular weight is 366 g/mol. The number of nitrogens with zero attached hydrogens (tertiary/aromatic N) is 3. The van der Waals surface area contributed by atoms with E-state index in [2.05, 4.69) is 22.2 Å². The Hall–Kier alpha value is -2.93. The highest BCUT2D eigenvalue weighted by Crippen LogP contribution is 2.20. The highest BCUT2D eigenvalue weighted by Gasteiger charge is 2.25. The van der Waals surface area contributed by atoms with Crippen LogP contribution < -0.4 is 10.1 Å². The number of pyridine rings is 1. The van der Waals surface area contributed by atoms with Gasteiger partial charge in [0.1, 0.15) is 12.0 Å². The minimum Gasteiger partial charge on any atom is -0.484 e. The van der Waals surface area contributed by atoms with E-state index in [4.69, 9.17) is 9.15 Å². The second-order valence-electron chi connectivity index (χ2n) is 6.58. The monoisotopic (exact) mass is 366 g/mol. The van der Waals surface area contributed by atoms with E-state index in [1.54, 1.807) is 6.20 Å². The molecule has 2 aromatic heterocycles. The summed E-state index contributed by atoms with van der Waals surface area (Å²) < 4.78 is 11.2. The maximum absolute atomic E-state index is 12.6. The lowest BCUT2D eigenvalue weighted by atomic mass is 10.1. The number of piperazine rings is 1. The predicted molar refractivity (Wildman–Crippen MR) is 101 cm³/mol. The molecule has 1 fully saturated rings. The second-order valence-corrected chi connectivity index (χ2v) is 6.58. The molecule has 1 amide bonds.